The second kappa shape index (κ2) is 38.9. The van der Waals surface area contributed by atoms with Crippen LogP contribution in [0.4, 0.5) is 10.5 Å². The van der Waals surface area contributed by atoms with Gasteiger partial charge in [-0.1, -0.05) is 73.1 Å². The van der Waals surface area contributed by atoms with Crippen molar-refractivity contribution >= 4 is 18.1 Å². The average molecular weight is 383 g/mol. The number of aldehydes is 1. The van der Waals surface area contributed by atoms with Gasteiger partial charge >= 0.3 is 6.09 Å². The van der Waals surface area contributed by atoms with Crippen molar-refractivity contribution in [1.82, 2.24) is 5.32 Å². The Bertz CT molecular complexity index is 396. The average Bonchev–Trinajstić information content (AvgIpc) is 2.77. The molecule has 0 aliphatic rings. The Morgan fingerprint density at radius 2 is 1.52 bits per heavy atom. The van der Waals surface area contributed by atoms with Crippen molar-refractivity contribution < 1.29 is 14.3 Å². The van der Waals surface area contributed by atoms with E-state index in [-0.39, 0.29) is 6.54 Å². The maximum atomic E-state index is 10.1. The van der Waals surface area contributed by atoms with Gasteiger partial charge in [-0.2, -0.15) is 0 Å². The van der Waals surface area contributed by atoms with E-state index in [1.807, 2.05) is 40.8 Å². The van der Waals surface area contributed by atoms with E-state index in [4.69, 9.17) is 0 Å². The molecule has 5 nitrogen and oxygen atoms in total. The van der Waals surface area contributed by atoms with Crippen LogP contribution in [0.1, 0.15) is 60.5 Å². The number of methoxy groups -OCH3 is 1. The van der Waals surface area contributed by atoms with Crippen LogP contribution in [0.5, 0.6) is 0 Å². The number of hydrogen-bond donors (Lipinski definition) is 2. The van der Waals surface area contributed by atoms with Gasteiger partial charge in [0, 0.05) is 12.7 Å². The highest BCUT2D eigenvalue weighted by Crippen LogP contribution is 2.13. The van der Waals surface area contributed by atoms with E-state index in [0.29, 0.717) is 6.29 Å². The molecule has 0 heterocycles. The number of benzene rings is 1. The second-order valence-corrected chi connectivity index (χ2v) is 4.01. The number of amides is 1. The maximum absolute atomic E-state index is 10.1. The third kappa shape index (κ3) is 31.8. The molecule has 0 radical (unpaired) electrons. The normalized spacial score (nSPS) is 6.93. The number of alkyl carbamates (subject to hydrolysis) is 1. The third-order valence-corrected chi connectivity index (χ3v) is 2.18. The Balaban J connectivity index is -0.0000000851. The first-order valence-corrected chi connectivity index (χ1v) is 9.45. The van der Waals surface area contributed by atoms with E-state index in [2.05, 4.69) is 67.2 Å². The van der Waals surface area contributed by atoms with Crippen molar-refractivity contribution in [3.63, 3.8) is 0 Å². The van der Waals surface area contributed by atoms with E-state index in [1.54, 1.807) is 0 Å². The van der Waals surface area contributed by atoms with Crippen molar-refractivity contribution in [2.75, 3.05) is 26.0 Å². The highest BCUT2D eigenvalue weighted by Gasteiger charge is 1.93. The molecular weight excluding hydrogens is 340 g/mol. The largest absolute Gasteiger partial charge is 0.453 e. The molecule has 0 aromatic heterocycles. The van der Waals surface area contributed by atoms with E-state index >= 15 is 0 Å². The second-order valence-electron chi connectivity index (χ2n) is 4.01. The Morgan fingerprint density at radius 1 is 1.07 bits per heavy atom. The minimum atomic E-state index is -0.586. The lowest BCUT2D eigenvalue weighted by atomic mass is 10.1. The summed E-state index contributed by atoms with van der Waals surface area (Å²) in [5.74, 6) is 0. The first kappa shape index (κ1) is 35.6. The smallest absolute Gasteiger partial charge is 0.407 e. The van der Waals surface area contributed by atoms with E-state index in [1.165, 1.54) is 24.8 Å². The number of carbonyl (C=O) groups excluding carboxylic acids is 2. The van der Waals surface area contributed by atoms with Gasteiger partial charge in [0.2, 0.25) is 0 Å². The van der Waals surface area contributed by atoms with Crippen LogP contribution >= 0.6 is 0 Å². The predicted molar refractivity (Wildman–Crippen MR) is 120 cm³/mol. The molecule has 0 bridgehead atoms. The number of terminal acetylenes is 1. The van der Waals surface area contributed by atoms with Crippen molar-refractivity contribution in [2.45, 2.75) is 61.3 Å². The van der Waals surface area contributed by atoms with Gasteiger partial charge in [0.1, 0.15) is 6.29 Å². The van der Waals surface area contributed by atoms with Crippen LogP contribution in [0.3, 0.4) is 0 Å². The maximum Gasteiger partial charge on any atom is 0.407 e. The fourth-order valence-corrected chi connectivity index (χ4v) is 1.27. The van der Waals surface area contributed by atoms with Gasteiger partial charge in [-0.25, -0.2) is 4.79 Å². The number of carbonyl (C=O) groups is 2. The molecule has 158 valence electrons. The zero-order chi connectivity index (χ0) is 22.5. The summed E-state index contributed by atoms with van der Waals surface area (Å²) in [5.41, 5.74) is 2.62. The lowest BCUT2D eigenvalue weighted by Crippen LogP contribution is -2.24. The van der Waals surface area contributed by atoms with Crippen molar-refractivity contribution in [3.05, 3.63) is 29.8 Å². The Morgan fingerprint density at radius 3 is 1.81 bits per heavy atom. The lowest BCUT2D eigenvalue weighted by Gasteiger charge is -2.04. The van der Waals surface area contributed by atoms with Gasteiger partial charge < -0.3 is 20.2 Å². The van der Waals surface area contributed by atoms with Gasteiger partial charge in [-0.15, -0.1) is 12.8 Å². The Hall–Kier alpha value is -2.48. The SMILES string of the molecule is C#C.CC.CC.CCC.CCc1ccccc1NC.COC(=O)NCC=O. The molecule has 0 saturated carbocycles. The molecule has 0 aliphatic carbocycles. The lowest BCUT2D eigenvalue weighted by molar-refractivity contribution is -0.107. The van der Waals surface area contributed by atoms with Crippen LogP contribution < -0.4 is 10.6 Å². The van der Waals surface area contributed by atoms with Crippen LogP contribution in [0.25, 0.3) is 0 Å². The summed E-state index contributed by atoms with van der Waals surface area (Å²) in [4.78, 5) is 19.6. The van der Waals surface area contributed by atoms with Gasteiger partial charge in [0.05, 0.1) is 13.7 Å². The highest BCUT2D eigenvalue weighted by atomic mass is 16.5. The topological polar surface area (TPSA) is 67.4 Å². The van der Waals surface area contributed by atoms with Crippen LogP contribution in [0, 0.1) is 12.8 Å². The number of ether oxygens (including phenoxy) is 1. The summed E-state index contributed by atoms with van der Waals surface area (Å²) in [6, 6.07) is 8.36. The summed E-state index contributed by atoms with van der Waals surface area (Å²) in [6.07, 6.45) is 10.3. The van der Waals surface area contributed by atoms with Gasteiger partial charge in [-0.05, 0) is 18.1 Å². The van der Waals surface area contributed by atoms with Crippen LogP contribution in [0.15, 0.2) is 24.3 Å². The number of rotatable bonds is 4. The highest BCUT2D eigenvalue weighted by molar-refractivity contribution is 5.70. The summed E-state index contributed by atoms with van der Waals surface area (Å²) >= 11 is 0. The summed E-state index contributed by atoms with van der Waals surface area (Å²) in [7, 11) is 3.19. The molecule has 27 heavy (non-hydrogen) atoms. The molecule has 1 aromatic rings. The summed E-state index contributed by atoms with van der Waals surface area (Å²) in [5, 5.41) is 5.30. The van der Waals surface area contributed by atoms with Crippen molar-refractivity contribution in [3.8, 4) is 12.8 Å². The first-order valence-electron chi connectivity index (χ1n) is 9.45. The number of para-hydroxylation sites is 1. The quantitative estimate of drug-likeness (QED) is 0.529. The van der Waals surface area contributed by atoms with Gasteiger partial charge in [0.15, 0.2) is 0 Å². The molecule has 0 spiro atoms. The number of anilines is 1. The standard InChI is InChI=1S/C9H13N.C4H7NO3.C3H8.2C2H6.C2H2/c1-3-8-6-4-5-7-9(8)10-2;1-8-4(7)5-2-3-6;1-3-2;3*1-2/h4-7,10H,3H2,1-2H3;3H,2H2,1H3,(H,5,7);3H2,1-2H3;2*1-2H3;1-2H. The number of aryl methyl sites for hydroxylation is 1. The molecule has 2 N–H and O–H groups in total. The molecule has 1 amide bonds. The number of nitrogens with one attached hydrogen (secondary N) is 2. The molecule has 0 fully saturated rings. The molecule has 1 aromatic carbocycles. The minimum Gasteiger partial charge on any atom is -0.453 e. The Kier molecular flexibility index (Phi) is 51.2. The summed E-state index contributed by atoms with van der Waals surface area (Å²) < 4.78 is 4.14. The van der Waals surface area contributed by atoms with E-state index < -0.39 is 6.09 Å². The number of hydrogen-bond acceptors (Lipinski definition) is 4. The minimum absolute atomic E-state index is 0.00662. The fraction of sp³-hybridized carbons (Fsp3) is 0.545. The van der Waals surface area contributed by atoms with Crippen LogP contribution in [0.2, 0.25) is 0 Å². The first-order chi connectivity index (χ1) is 13.1. The molecule has 0 atom stereocenters. The van der Waals surface area contributed by atoms with Crippen LogP contribution in [-0.4, -0.2) is 33.1 Å². The third-order valence-electron chi connectivity index (χ3n) is 2.18. The Labute approximate surface area is 168 Å². The van der Waals surface area contributed by atoms with E-state index in [9.17, 15) is 9.59 Å². The van der Waals surface area contributed by atoms with E-state index in [0.717, 1.165) is 6.42 Å². The zero-order valence-corrected chi connectivity index (χ0v) is 18.9. The van der Waals surface area contributed by atoms with Crippen molar-refractivity contribution in [2.24, 2.45) is 0 Å². The molecule has 0 saturated heterocycles. The predicted octanol–water partition coefficient (Wildman–Crippen LogP) is 5.55. The molecular formula is C22H42N2O3. The molecule has 1 rings (SSSR count). The monoisotopic (exact) mass is 382 g/mol. The van der Waals surface area contributed by atoms with Gasteiger partial charge in [0.25, 0.3) is 0 Å². The van der Waals surface area contributed by atoms with Crippen molar-refractivity contribution in [1.29, 1.82) is 0 Å². The summed E-state index contributed by atoms with van der Waals surface area (Å²) in [6.45, 7) is 14.4. The zero-order valence-electron chi connectivity index (χ0n) is 18.9. The van der Waals surface area contributed by atoms with Gasteiger partial charge in [-0.3, -0.25) is 0 Å². The molecule has 0 unspecified atom stereocenters. The molecule has 5 heteroatoms. The molecule has 0 aliphatic heterocycles. The van der Waals surface area contributed by atoms with Crippen LogP contribution in [-0.2, 0) is 16.0 Å². The fourth-order valence-electron chi connectivity index (χ4n) is 1.27.